The Balaban J connectivity index is 2.54. The Kier molecular flexibility index (Phi) is 6.14. The Morgan fingerprint density at radius 1 is 1.33 bits per heavy atom. The zero-order chi connectivity index (χ0) is 16.3. The van der Waals surface area contributed by atoms with Crippen molar-refractivity contribution in [2.75, 3.05) is 13.2 Å². The van der Waals surface area contributed by atoms with E-state index in [1.807, 2.05) is 0 Å². The predicted octanol–water partition coefficient (Wildman–Crippen LogP) is 3.14. The summed E-state index contributed by atoms with van der Waals surface area (Å²) in [5, 5.41) is 0.122. The molecule has 0 spiro atoms. The highest BCUT2D eigenvalue weighted by Crippen LogP contribution is 2.36. The van der Waals surface area contributed by atoms with Crippen LogP contribution in [0.3, 0.4) is 0 Å². The fourth-order valence-corrected chi connectivity index (χ4v) is 3.51. The van der Waals surface area contributed by atoms with Gasteiger partial charge in [0.25, 0.3) is 10.0 Å². The Morgan fingerprint density at radius 2 is 1.95 bits per heavy atom. The van der Waals surface area contributed by atoms with Gasteiger partial charge in [-0.1, -0.05) is 20.8 Å². The summed E-state index contributed by atoms with van der Waals surface area (Å²) >= 11 is 3.22. The Hall–Kier alpha value is -0.283. The number of halogens is 1. The second-order valence-electron chi connectivity index (χ2n) is 6.32. The summed E-state index contributed by atoms with van der Waals surface area (Å²) in [7, 11) is -5.42. The van der Waals surface area contributed by atoms with Gasteiger partial charge in [-0.3, -0.25) is 0 Å². The molecule has 0 aliphatic carbocycles. The Bertz CT molecular complexity index is 568. The van der Waals surface area contributed by atoms with Crippen LogP contribution in [0, 0.1) is 0 Å². The molecule has 1 N–H and O–H groups in total. The monoisotopic (exact) mass is 394 g/mol. The molecule has 0 atom stereocenters. The van der Waals surface area contributed by atoms with E-state index in [0.717, 1.165) is 4.47 Å². The van der Waals surface area contributed by atoms with E-state index in [0.29, 0.717) is 6.61 Å². The fraction of sp³-hybridized carbons (Fsp3) is 0.615. The molecule has 0 aliphatic heterocycles. The predicted molar refractivity (Wildman–Crippen MR) is 90.3 cm³/mol. The van der Waals surface area contributed by atoms with Gasteiger partial charge < -0.3 is 4.43 Å². The van der Waals surface area contributed by atoms with Crippen molar-refractivity contribution in [3.63, 3.8) is 0 Å². The largest absolute Gasteiger partial charge is 0.415 e. The lowest BCUT2D eigenvalue weighted by atomic mass is 10.2. The number of aromatic nitrogens is 1. The second kappa shape index (κ2) is 6.87. The second-order valence-corrected chi connectivity index (χ2v) is 13.8. The highest BCUT2D eigenvalue weighted by atomic mass is 79.9. The summed E-state index contributed by atoms with van der Waals surface area (Å²) in [5.41, 5.74) is 0. The first-order valence-corrected chi connectivity index (χ1v) is 11.9. The smallest absolute Gasteiger partial charge is 0.258 e. The summed E-state index contributed by atoms with van der Waals surface area (Å²) in [6.45, 7) is 11.3. The first-order valence-electron chi connectivity index (χ1n) is 6.71. The minimum atomic E-state index is -3.58. The van der Waals surface area contributed by atoms with Crippen LogP contribution in [-0.4, -0.2) is 34.9 Å². The molecule has 1 aromatic heterocycles. The topological polar surface area (TPSA) is 68.3 Å². The zero-order valence-electron chi connectivity index (χ0n) is 13.1. The van der Waals surface area contributed by atoms with Gasteiger partial charge in [0.1, 0.15) is 0 Å². The van der Waals surface area contributed by atoms with Crippen LogP contribution >= 0.6 is 15.9 Å². The van der Waals surface area contributed by atoms with Crippen molar-refractivity contribution in [2.45, 2.75) is 43.9 Å². The lowest BCUT2D eigenvalue weighted by Gasteiger charge is -2.36. The van der Waals surface area contributed by atoms with Gasteiger partial charge in [0.05, 0.1) is 0 Å². The molecule has 5 nitrogen and oxygen atoms in total. The van der Waals surface area contributed by atoms with Gasteiger partial charge in [0.2, 0.25) is 0 Å². The van der Waals surface area contributed by atoms with E-state index >= 15 is 0 Å². The number of pyridine rings is 1. The molecule has 0 fully saturated rings. The summed E-state index contributed by atoms with van der Waals surface area (Å²) < 4.78 is 33.2. The molecule has 0 bridgehead atoms. The van der Waals surface area contributed by atoms with Crippen LogP contribution < -0.4 is 4.72 Å². The van der Waals surface area contributed by atoms with E-state index in [1.54, 1.807) is 6.07 Å². The van der Waals surface area contributed by atoms with Gasteiger partial charge in [-0.2, -0.15) is 0 Å². The molecule has 21 heavy (non-hydrogen) atoms. The van der Waals surface area contributed by atoms with Crippen LogP contribution in [0.5, 0.6) is 0 Å². The van der Waals surface area contributed by atoms with E-state index in [-0.39, 0.29) is 16.6 Å². The summed E-state index contributed by atoms with van der Waals surface area (Å²) in [5.74, 6) is 0. The third-order valence-corrected chi connectivity index (χ3v) is 10.0. The number of rotatable bonds is 6. The minimum Gasteiger partial charge on any atom is -0.415 e. The summed E-state index contributed by atoms with van der Waals surface area (Å²) in [4.78, 5) is 3.89. The van der Waals surface area contributed by atoms with Crippen LogP contribution in [0.2, 0.25) is 18.1 Å². The van der Waals surface area contributed by atoms with Gasteiger partial charge in [0.15, 0.2) is 13.3 Å². The number of nitrogens with zero attached hydrogens (tertiary/aromatic N) is 1. The van der Waals surface area contributed by atoms with Crippen LogP contribution in [-0.2, 0) is 14.4 Å². The first-order chi connectivity index (χ1) is 9.46. The number of nitrogens with one attached hydrogen (secondary N) is 1. The quantitative estimate of drug-likeness (QED) is 0.594. The van der Waals surface area contributed by atoms with Crippen LogP contribution in [0.25, 0.3) is 0 Å². The van der Waals surface area contributed by atoms with Gasteiger partial charge in [-0.15, -0.1) is 0 Å². The van der Waals surface area contributed by atoms with Gasteiger partial charge in [-0.25, -0.2) is 18.1 Å². The van der Waals surface area contributed by atoms with E-state index < -0.39 is 18.3 Å². The Morgan fingerprint density at radius 3 is 2.43 bits per heavy atom. The van der Waals surface area contributed by atoms with Crippen LogP contribution in [0.15, 0.2) is 27.8 Å². The van der Waals surface area contributed by atoms with Gasteiger partial charge in [0, 0.05) is 23.8 Å². The molecule has 0 radical (unpaired) electrons. The minimum absolute atomic E-state index is 0.0121. The molecule has 0 saturated carbocycles. The van der Waals surface area contributed by atoms with Crippen molar-refractivity contribution in [1.82, 2.24) is 9.71 Å². The maximum atomic E-state index is 12.0. The van der Waals surface area contributed by atoms with Crippen LogP contribution in [0.1, 0.15) is 20.8 Å². The highest BCUT2D eigenvalue weighted by Gasteiger charge is 2.36. The van der Waals surface area contributed by atoms with Crippen molar-refractivity contribution in [3.05, 3.63) is 22.8 Å². The molecule has 0 aliphatic rings. The molecule has 0 unspecified atom stereocenters. The van der Waals surface area contributed by atoms with E-state index in [1.165, 1.54) is 12.3 Å². The Labute approximate surface area is 136 Å². The summed E-state index contributed by atoms with van der Waals surface area (Å²) in [6.07, 6.45) is 1.46. The zero-order valence-corrected chi connectivity index (χ0v) is 16.5. The molecule has 1 rings (SSSR count). The average molecular weight is 395 g/mol. The van der Waals surface area contributed by atoms with Gasteiger partial charge in [-0.05, 0) is 46.2 Å². The highest BCUT2D eigenvalue weighted by molar-refractivity contribution is 9.10. The van der Waals surface area contributed by atoms with Crippen molar-refractivity contribution in [1.29, 1.82) is 0 Å². The SMILES string of the molecule is CC(C)(C)[Si](C)(C)OCCNS(=O)(=O)c1ccc(Br)cn1. The average Bonchev–Trinajstić information content (AvgIpc) is 2.34. The lowest BCUT2D eigenvalue weighted by molar-refractivity contribution is 0.293. The molecule has 0 aromatic carbocycles. The molecule has 120 valence electrons. The van der Waals surface area contributed by atoms with Crippen molar-refractivity contribution < 1.29 is 12.8 Å². The molecular weight excluding hydrogens is 372 g/mol. The molecule has 0 amide bonds. The molecule has 0 saturated heterocycles. The van der Waals surface area contributed by atoms with Crippen molar-refractivity contribution in [2.24, 2.45) is 0 Å². The van der Waals surface area contributed by atoms with E-state index in [4.69, 9.17) is 4.43 Å². The third-order valence-electron chi connectivity index (χ3n) is 3.64. The van der Waals surface area contributed by atoms with Crippen molar-refractivity contribution in [3.8, 4) is 0 Å². The standard InChI is InChI=1S/C13H23BrN2O3SSi/c1-13(2,3)21(4,5)19-9-8-16-20(17,18)12-7-6-11(14)10-15-12/h6-7,10,16H,8-9H2,1-5H3. The molecule has 1 heterocycles. The van der Waals surface area contributed by atoms with Crippen LogP contribution in [0.4, 0.5) is 0 Å². The summed E-state index contributed by atoms with van der Waals surface area (Å²) in [6, 6.07) is 3.11. The third kappa shape index (κ3) is 5.44. The number of hydrogen-bond donors (Lipinski definition) is 1. The molecule has 1 aromatic rings. The van der Waals surface area contributed by atoms with Crippen molar-refractivity contribution >= 4 is 34.3 Å². The maximum absolute atomic E-state index is 12.0. The number of sulfonamides is 1. The first kappa shape index (κ1) is 18.8. The van der Waals surface area contributed by atoms with E-state index in [9.17, 15) is 8.42 Å². The fourth-order valence-electron chi connectivity index (χ4n) is 1.29. The maximum Gasteiger partial charge on any atom is 0.258 e. The normalized spacial score (nSPS) is 13.4. The lowest BCUT2D eigenvalue weighted by Crippen LogP contribution is -2.42. The molecular formula is C13H23BrN2O3SSi. The number of hydrogen-bond acceptors (Lipinski definition) is 4. The molecule has 8 heteroatoms. The van der Waals surface area contributed by atoms with E-state index in [2.05, 4.69) is 59.5 Å². The van der Waals surface area contributed by atoms with Gasteiger partial charge >= 0.3 is 0 Å².